The number of carbonyl (C=O) groups excluding carboxylic acids is 1. The smallest absolute Gasteiger partial charge is 0.225 e. The zero-order valence-corrected chi connectivity index (χ0v) is 14.4. The molecule has 0 atom stereocenters. The highest BCUT2D eigenvalue weighted by molar-refractivity contribution is 7.88. The van der Waals surface area contributed by atoms with E-state index in [1.165, 1.54) is 10.6 Å². The maximum absolute atomic E-state index is 12.4. The summed E-state index contributed by atoms with van der Waals surface area (Å²) in [6, 6.07) is 0.0673. The maximum atomic E-state index is 12.4. The van der Waals surface area contributed by atoms with Gasteiger partial charge in [-0.1, -0.05) is 19.3 Å². The Kier molecular flexibility index (Phi) is 5.50. The third-order valence-electron chi connectivity index (χ3n) is 5.10. The van der Waals surface area contributed by atoms with Gasteiger partial charge in [0.15, 0.2) is 0 Å². The van der Waals surface area contributed by atoms with E-state index in [0.29, 0.717) is 38.8 Å². The number of hydrogen-bond acceptors (Lipinski definition) is 4. The Bertz CT molecular complexity index is 492. The molecule has 2 aliphatic rings. The first-order valence-electron chi connectivity index (χ1n) is 8.14. The minimum Gasteiger partial charge on any atom is -0.389 e. The molecule has 1 heterocycles. The van der Waals surface area contributed by atoms with E-state index in [9.17, 15) is 18.3 Å². The van der Waals surface area contributed by atoms with Crippen LogP contribution in [-0.2, 0) is 14.8 Å². The molecule has 0 unspecified atom stereocenters. The molecule has 1 amide bonds. The average molecular weight is 332 g/mol. The number of carbonyl (C=O) groups is 1. The van der Waals surface area contributed by atoms with E-state index in [0.717, 1.165) is 19.3 Å². The number of piperidine rings is 1. The second kappa shape index (κ2) is 6.84. The Labute approximate surface area is 133 Å². The van der Waals surface area contributed by atoms with Crippen LogP contribution in [0.15, 0.2) is 0 Å². The maximum Gasteiger partial charge on any atom is 0.225 e. The first-order valence-corrected chi connectivity index (χ1v) is 9.99. The van der Waals surface area contributed by atoms with Gasteiger partial charge in [0, 0.05) is 26.2 Å². The van der Waals surface area contributed by atoms with Gasteiger partial charge in [0.2, 0.25) is 15.9 Å². The Balaban J connectivity index is 1.86. The Morgan fingerprint density at radius 1 is 1.23 bits per heavy atom. The second-order valence-electron chi connectivity index (χ2n) is 6.86. The van der Waals surface area contributed by atoms with E-state index in [-0.39, 0.29) is 18.4 Å². The molecule has 2 fully saturated rings. The van der Waals surface area contributed by atoms with Crippen LogP contribution in [0.1, 0.15) is 51.4 Å². The highest BCUT2D eigenvalue weighted by Gasteiger charge is 2.35. The van der Waals surface area contributed by atoms with Crippen LogP contribution in [0.3, 0.4) is 0 Å². The summed E-state index contributed by atoms with van der Waals surface area (Å²) < 4.78 is 24.5. The van der Waals surface area contributed by atoms with Crippen molar-refractivity contribution < 1.29 is 18.3 Å². The van der Waals surface area contributed by atoms with E-state index in [1.807, 2.05) is 0 Å². The molecule has 0 aromatic carbocycles. The van der Waals surface area contributed by atoms with Crippen LogP contribution in [0.2, 0.25) is 0 Å². The summed E-state index contributed by atoms with van der Waals surface area (Å²) in [4.78, 5) is 14.1. The van der Waals surface area contributed by atoms with Crippen molar-refractivity contribution in [1.82, 2.24) is 9.21 Å². The normalized spacial score (nSPS) is 24.1. The summed E-state index contributed by atoms with van der Waals surface area (Å²) in [6.07, 6.45) is 7.26. The number of hydrogen-bond donors (Lipinski definition) is 1. The van der Waals surface area contributed by atoms with Crippen LogP contribution >= 0.6 is 0 Å². The Hall–Kier alpha value is -0.660. The molecule has 7 heteroatoms. The molecule has 0 aromatic rings. The molecule has 0 spiro atoms. The molecule has 2 rings (SSSR count). The lowest BCUT2D eigenvalue weighted by atomic mass is 9.82. The number of nitrogens with zero attached hydrogens (tertiary/aromatic N) is 2. The van der Waals surface area contributed by atoms with Crippen molar-refractivity contribution in [3.8, 4) is 0 Å². The van der Waals surface area contributed by atoms with Gasteiger partial charge in [-0.3, -0.25) is 4.79 Å². The van der Waals surface area contributed by atoms with Gasteiger partial charge in [0.1, 0.15) is 0 Å². The molecule has 1 aliphatic carbocycles. The van der Waals surface area contributed by atoms with E-state index in [2.05, 4.69) is 0 Å². The van der Waals surface area contributed by atoms with Crippen molar-refractivity contribution in [2.45, 2.75) is 63.0 Å². The van der Waals surface area contributed by atoms with Gasteiger partial charge in [-0.25, -0.2) is 12.7 Å². The standard InChI is InChI=1S/C15H28N2O4S/c1-16(13-6-10-17(11-7-13)22(2,20)21)14(18)12-15(19)8-4-3-5-9-15/h13,19H,3-12H2,1-2H3. The summed E-state index contributed by atoms with van der Waals surface area (Å²) in [6.45, 7) is 0.927. The molecular weight excluding hydrogens is 304 g/mol. The molecule has 1 saturated heterocycles. The summed E-state index contributed by atoms with van der Waals surface area (Å²) in [7, 11) is -1.36. The molecular formula is C15H28N2O4S. The lowest BCUT2D eigenvalue weighted by Gasteiger charge is -2.38. The zero-order chi connectivity index (χ0) is 16.4. The predicted molar refractivity (Wildman–Crippen MR) is 84.9 cm³/mol. The highest BCUT2D eigenvalue weighted by Crippen LogP contribution is 2.31. The number of aliphatic hydroxyl groups is 1. The second-order valence-corrected chi connectivity index (χ2v) is 8.84. The van der Waals surface area contributed by atoms with E-state index < -0.39 is 15.6 Å². The first-order chi connectivity index (χ1) is 10.2. The summed E-state index contributed by atoms with van der Waals surface area (Å²) in [5.41, 5.74) is -0.836. The van der Waals surface area contributed by atoms with Crippen molar-refractivity contribution >= 4 is 15.9 Å². The fourth-order valence-corrected chi connectivity index (χ4v) is 4.43. The Morgan fingerprint density at radius 2 is 1.77 bits per heavy atom. The van der Waals surface area contributed by atoms with Crippen molar-refractivity contribution in [1.29, 1.82) is 0 Å². The largest absolute Gasteiger partial charge is 0.389 e. The van der Waals surface area contributed by atoms with Crippen LogP contribution in [0.5, 0.6) is 0 Å². The van der Waals surface area contributed by atoms with Crippen molar-refractivity contribution in [3.63, 3.8) is 0 Å². The molecule has 1 N–H and O–H groups in total. The number of amides is 1. The SMILES string of the molecule is CN(C(=O)CC1(O)CCCCC1)C1CCN(S(C)(=O)=O)CC1. The van der Waals surface area contributed by atoms with Gasteiger partial charge in [-0.2, -0.15) is 0 Å². The fourth-order valence-electron chi connectivity index (χ4n) is 3.56. The van der Waals surface area contributed by atoms with Gasteiger partial charge >= 0.3 is 0 Å². The summed E-state index contributed by atoms with van der Waals surface area (Å²) >= 11 is 0. The molecule has 0 bridgehead atoms. The van der Waals surface area contributed by atoms with Gasteiger partial charge < -0.3 is 10.0 Å². The quantitative estimate of drug-likeness (QED) is 0.831. The first kappa shape index (κ1) is 17.7. The van der Waals surface area contributed by atoms with E-state index in [4.69, 9.17) is 0 Å². The number of rotatable bonds is 4. The average Bonchev–Trinajstić information content (AvgIpc) is 2.46. The van der Waals surface area contributed by atoms with E-state index >= 15 is 0 Å². The topological polar surface area (TPSA) is 77.9 Å². The van der Waals surface area contributed by atoms with Gasteiger partial charge in [-0.05, 0) is 25.7 Å². The molecule has 1 aliphatic heterocycles. The molecule has 22 heavy (non-hydrogen) atoms. The summed E-state index contributed by atoms with van der Waals surface area (Å²) in [5.74, 6) is -0.0257. The van der Waals surface area contributed by atoms with Crippen molar-refractivity contribution in [3.05, 3.63) is 0 Å². The summed E-state index contributed by atoms with van der Waals surface area (Å²) in [5, 5.41) is 10.5. The minimum atomic E-state index is -3.14. The lowest BCUT2D eigenvalue weighted by Crippen LogP contribution is -2.48. The molecule has 1 saturated carbocycles. The zero-order valence-electron chi connectivity index (χ0n) is 13.6. The predicted octanol–water partition coefficient (Wildman–Crippen LogP) is 0.954. The molecule has 128 valence electrons. The lowest BCUT2D eigenvalue weighted by molar-refractivity contribution is -0.139. The molecule has 6 nitrogen and oxygen atoms in total. The van der Waals surface area contributed by atoms with Crippen LogP contribution in [0.4, 0.5) is 0 Å². The van der Waals surface area contributed by atoms with Gasteiger partial charge in [0.05, 0.1) is 18.3 Å². The van der Waals surface area contributed by atoms with Crippen molar-refractivity contribution in [2.24, 2.45) is 0 Å². The van der Waals surface area contributed by atoms with Gasteiger partial charge in [-0.15, -0.1) is 0 Å². The third-order valence-corrected chi connectivity index (χ3v) is 6.40. The van der Waals surface area contributed by atoms with Crippen LogP contribution in [-0.4, -0.2) is 66.7 Å². The van der Waals surface area contributed by atoms with Crippen LogP contribution in [0.25, 0.3) is 0 Å². The third kappa shape index (κ3) is 4.43. The van der Waals surface area contributed by atoms with Gasteiger partial charge in [0.25, 0.3) is 0 Å². The Morgan fingerprint density at radius 3 is 2.27 bits per heavy atom. The number of sulfonamides is 1. The minimum absolute atomic E-state index is 0.0257. The molecule has 0 aromatic heterocycles. The fraction of sp³-hybridized carbons (Fsp3) is 0.933. The van der Waals surface area contributed by atoms with Crippen LogP contribution in [0, 0.1) is 0 Å². The highest BCUT2D eigenvalue weighted by atomic mass is 32.2. The van der Waals surface area contributed by atoms with E-state index in [1.54, 1.807) is 11.9 Å². The van der Waals surface area contributed by atoms with Crippen molar-refractivity contribution in [2.75, 3.05) is 26.4 Å². The van der Waals surface area contributed by atoms with Crippen LogP contribution < -0.4 is 0 Å². The molecule has 0 radical (unpaired) electrons. The monoisotopic (exact) mass is 332 g/mol.